The summed E-state index contributed by atoms with van der Waals surface area (Å²) in [5.74, 6) is 0. The van der Waals surface area contributed by atoms with Crippen molar-refractivity contribution in [2.45, 2.75) is 155 Å². The lowest BCUT2D eigenvalue weighted by Crippen LogP contribution is -2.61. The maximum atomic E-state index is 7.77. The van der Waals surface area contributed by atoms with Gasteiger partial charge in [-0.15, -0.1) is 11.3 Å². The number of aryl methyl sites for hydroxylation is 2. The molecule has 6 heteroatoms. The van der Waals surface area contributed by atoms with Gasteiger partial charge in [-0.3, -0.25) is 0 Å². The van der Waals surface area contributed by atoms with Gasteiger partial charge in [0.25, 0.3) is 0 Å². The number of hydrogen-bond acceptors (Lipinski definition) is 5. The molecule has 0 saturated carbocycles. The summed E-state index contributed by atoms with van der Waals surface area (Å²) < 4.78 is 10.3. The highest BCUT2D eigenvalue weighted by molar-refractivity contribution is 7.26. The molecule has 0 spiro atoms. The van der Waals surface area contributed by atoms with E-state index in [-0.39, 0.29) is 28.5 Å². The van der Waals surface area contributed by atoms with Crippen LogP contribution in [-0.4, -0.2) is 6.85 Å². The quantitative estimate of drug-likeness (QED) is 0.114. The van der Waals surface area contributed by atoms with E-state index in [0.29, 0.717) is 0 Å². The van der Waals surface area contributed by atoms with Gasteiger partial charge in [-0.25, -0.2) is 0 Å². The van der Waals surface area contributed by atoms with E-state index in [1.165, 1.54) is 122 Å². The molecule has 0 radical (unpaired) electrons. The largest absolute Gasteiger partial charge is 0.454 e. The van der Waals surface area contributed by atoms with Crippen molar-refractivity contribution in [2.75, 3.05) is 14.6 Å². The third-order valence-corrected chi connectivity index (χ3v) is 22.8. The van der Waals surface area contributed by atoms with Crippen molar-refractivity contribution < 1.29 is 4.42 Å². The monoisotopic (exact) mass is 1190 g/mol. The number of anilines is 8. The van der Waals surface area contributed by atoms with Gasteiger partial charge >= 0.3 is 6.85 Å². The zero-order chi connectivity index (χ0) is 61.6. The summed E-state index contributed by atoms with van der Waals surface area (Å²) in [6.07, 6.45) is 11.3. The Kier molecular flexibility index (Phi) is 13.4. The molecule has 2 aliphatic carbocycles. The summed E-state index contributed by atoms with van der Waals surface area (Å²) in [5, 5.41) is 4.97. The van der Waals surface area contributed by atoms with E-state index in [4.69, 9.17) is 4.42 Å². The average molecular weight is 1190 g/mol. The lowest BCUT2D eigenvalue weighted by molar-refractivity contribution is 0.332. The second-order valence-electron chi connectivity index (χ2n) is 29.4. The van der Waals surface area contributed by atoms with Crippen LogP contribution in [0.1, 0.15) is 154 Å². The molecule has 2 aliphatic heterocycles. The van der Waals surface area contributed by atoms with Gasteiger partial charge in [-0.05, 0) is 219 Å². The highest BCUT2D eigenvalue weighted by Gasteiger charge is 2.49. The van der Waals surface area contributed by atoms with E-state index in [1.807, 2.05) is 11.3 Å². The molecular formula is C84H82BN3OS. The molecule has 4 heterocycles. The van der Waals surface area contributed by atoms with Crippen molar-refractivity contribution in [3.8, 4) is 22.3 Å². The third kappa shape index (κ3) is 8.96. The fraction of sp³-hybridized carbons (Fsp3) is 0.286. The first-order valence-electron chi connectivity index (χ1n) is 33.6. The number of nitrogens with zero attached hydrogens (tertiary/aromatic N) is 3. The van der Waals surface area contributed by atoms with E-state index in [0.717, 1.165) is 96.4 Å². The van der Waals surface area contributed by atoms with Crippen molar-refractivity contribution in [3.05, 3.63) is 228 Å². The molecule has 12 aromatic rings. The number of hydrogen-bond donors (Lipinski definition) is 0. The molecule has 0 atom stereocenters. The number of thiophene rings is 1. The van der Waals surface area contributed by atoms with Crippen LogP contribution in [-0.2, 0) is 34.5 Å². The Morgan fingerprint density at radius 1 is 0.478 bits per heavy atom. The van der Waals surface area contributed by atoms with Crippen molar-refractivity contribution in [1.29, 1.82) is 0 Å². The molecule has 4 aliphatic rings. The van der Waals surface area contributed by atoms with Gasteiger partial charge in [0, 0.05) is 76.2 Å². The van der Waals surface area contributed by atoms with Crippen LogP contribution in [0.4, 0.5) is 45.5 Å². The number of para-hydroxylation sites is 1. The van der Waals surface area contributed by atoms with E-state index in [9.17, 15) is 0 Å². The number of unbranched alkanes of at least 4 members (excludes halogenated alkanes) is 2. The molecule has 0 amide bonds. The van der Waals surface area contributed by atoms with Crippen molar-refractivity contribution in [2.24, 2.45) is 0 Å². The van der Waals surface area contributed by atoms with Crippen molar-refractivity contribution in [3.63, 3.8) is 0 Å². The zero-order valence-corrected chi connectivity index (χ0v) is 55.1. The normalized spacial score (nSPS) is 16.5. The smallest absolute Gasteiger partial charge is 0.333 e. The van der Waals surface area contributed by atoms with Crippen LogP contribution in [0.2, 0.25) is 0 Å². The fourth-order valence-corrected chi connectivity index (χ4v) is 17.5. The molecule has 16 rings (SSSR count). The average Bonchev–Trinajstić information content (AvgIpc) is 1.17. The summed E-state index contributed by atoms with van der Waals surface area (Å²) in [6, 6.07) is 75.6. The topological polar surface area (TPSA) is 22.9 Å². The third-order valence-electron chi connectivity index (χ3n) is 21.7. The summed E-state index contributed by atoms with van der Waals surface area (Å²) >= 11 is 1.92. The zero-order valence-electron chi connectivity index (χ0n) is 54.3. The van der Waals surface area contributed by atoms with Crippen LogP contribution in [0.3, 0.4) is 0 Å². The minimum Gasteiger partial charge on any atom is -0.454 e. The van der Waals surface area contributed by atoms with Gasteiger partial charge in [0.15, 0.2) is 5.58 Å². The van der Waals surface area contributed by atoms with Crippen LogP contribution in [0.25, 0.3) is 64.4 Å². The number of benzene rings is 10. The first kappa shape index (κ1) is 56.9. The molecule has 448 valence electrons. The lowest BCUT2D eigenvalue weighted by atomic mass is 9.43. The minimum atomic E-state index is -0.256. The van der Waals surface area contributed by atoms with E-state index >= 15 is 0 Å². The lowest BCUT2D eigenvalue weighted by Gasteiger charge is -2.47. The molecule has 0 N–H and O–H groups in total. The molecule has 0 saturated heterocycles. The summed E-state index contributed by atoms with van der Waals surface area (Å²) in [4.78, 5) is 7.92. The van der Waals surface area contributed by atoms with Crippen LogP contribution < -0.4 is 25.5 Å². The van der Waals surface area contributed by atoms with Crippen molar-refractivity contribution >= 4 is 117 Å². The highest BCUT2D eigenvalue weighted by atomic mass is 32.1. The van der Waals surface area contributed by atoms with Crippen LogP contribution in [0, 0.1) is 0 Å². The second kappa shape index (κ2) is 21.1. The molecule has 0 bridgehead atoms. The Balaban J connectivity index is 1.06. The predicted octanol–water partition coefficient (Wildman–Crippen LogP) is 23.2. The SMILES string of the molecule is CCCCc1ccc(N(c2ccccc2)c2ccc3c(c2)-c2c4c(cc5sc6ccccc6c25)N(c2ccc(CCCC)cc2-c2ccccc2)c2c(ccc5c2oc2cc6c(cc25)C(C)(C)CCC6(C)C)B4N3c2ccc3c(c2)C(C)(C)CCC3(C)C)cc1. The van der Waals surface area contributed by atoms with Crippen LogP contribution in [0.15, 0.2) is 199 Å². The Hall–Kier alpha value is -8.32. The van der Waals surface area contributed by atoms with Gasteiger partial charge in [-0.2, -0.15) is 0 Å². The number of fused-ring (bicyclic) bond motifs is 14. The summed E-state index contributed by atoms with van der Waals surface area (Å²) in [6.45, 7) is 24.0. The van der Waals surface area contributed by atoms with Crippen molar-refractivity contribution in [1.82, 2.24) is 0 Å². The Morgan fingerprint density at radius 2 is 1.09 bits per heavy atom. The van der Waals surface area contributed by atoms with Gasteiger partial charge < -0.3 is 19.0 Å². The molecular weight excluding hydrogens is 1110 g/mol. The van der Waals surface area contributed by atoms with Gasteiger partial charge in [-0.1, -0.05) is 185 Å². The van der Waals surface area contributed by atoms with Crippen LogP contribution >= 0.6 is 11.3 Å². The summed E-state index contributed by atoms with van der Waals surface area (Å²) in [7, 11) is 0. The molecule has 0 fully saturated rings. The van der Waals surface area contributed by atoms with Gasteiger partial charge in [0.2, 0.25) is 0 Å². The second-order valence-corrected chi connectivity index (χ2v) is 30.5. The number of furan rings is 1. The highest BCUT2D eigenvalue weighted by Crippen LogP contribution is 2.57. The Labute approximate surface area is 537 Å². The number of rotatable bonds is 12. The van der Waals surface area contributed by atoms with E-state index in [2.05, 4.69) is 278 Å². The van der Waals surface area contributed by atoms with E-state index in [1.54, 1.807) is 0 Å². The predicted molar refractivity (Wildman–Crippen MR) is 388 cm³/mol. The minimum absolute atomic E-state index is 0.0163. The van der Waals surface area contributed by atoms with Gasteiger partial charge in [0.1, 0.15) is 5.58 Å². The maximum Gasteiger partial charge on any atom is 0.333 e. The molecule has 90 heavy (non-hydrogen) atoms. The fourth-order valence-electron chi connectivity index (χ4n) is 16.4. The summed E-state index contributed by atoms with van der Waals surface area (Å²) in [5.41, 5.74) is 27.3. The van der Waals surface area contributed by atoms with E-state index < -0.39 is 0 Å². The molecule has 10 aromatic carbocycles. The van der Waals surface area contributed by atoms with Crippen LogP contribution in [0.5, 0.6) is 0 Å². The van der Waals surface area contributed by atoms with Gasteiger partial charge in [0.05, 0.1) is 11.4 Å². The molecule has 0 unspecified atom stereocenters. The molecule has 4 nitrogen and oxygen atoms in total. The Morgan fingerprint density at radius 3 is 1.81 bits per heavy atom. The maximum absolute atomic E-state index is 7.77. The Bertz CT molecular complexity index is 4830. The molecule has 2 aromatic heterocycles. The standard InChI is InChI=1S/C84H82BN3OS/c1-11-13-23-53-31-34-57(35-32-53)86(56-27-19-16-20-28-56)58-37-42-71-64(48-58)77-76-61-29-21-22-30-74(61)90-75(76)52-72-78(77)85(88(71)59-36-39-65-66(49-59)82(5,6)44-43-81(65,3)4)69-40-38-60-63-50-67-68(84(9,10)46-45-83(67,7)8)51-73(63)89-80(60)79(69)87(72)70-41-33-54(24-14-12-2)47-62(70)55-25-17-15-18-26-55/h15-22,25-42,47-52H,11-14,23-24,43-46H2,1-10H3. The first-order chi connectivity index (χ1) is 43.5. The first-order valence-corrected chi connectivity index (χ1v) is 34.4.